The van der Waals surface area contributed by atoms with E-state index in [0.29, 0.717) is 11.4 Å². The van der Waals surface area contributed by atoms with E-state index in [-0.39, 0.29) is 17.8 Å². The number of nitrogens with zero attached hydrogens (tertiary/aromatic N) is 3. The number of amides is 1. The molecule has 0 spiro atoms. The third kappa shape index (κ3) is 3.70. The Kier molecular flexibility index (Phi) is 4.42. The molecular formula is C17H13FN4O2. The smallest absolute Gasteiger partial charge is 0.277 e. The van der Waals surface area contributed by atoms with Gasteiger partial charge in [-0.2, -0.15) is 5.10 Å². The molecule has 0 unspecified atom stereocenters. The van der Waals surface area contributed by atoms with E-state index in [9.17, 15) is 14.0 Å². The van der Waals surface area contributed by atoms with E-state index in [1.807, 2.05) is 0 Å². The first kappa shape index (κ1) is 15.5. The zero-order valence-electron chi connectivity index (χ0n) is 12.5. The first-order valence-corrected chi connectivity index (χ1v) is 7.17. The van der Waals surface area contributed by atoms with E-state index in [0.717, 1.165) is 4.68 Å². The maximum Gasteiger partial charge on any atom is 0.277 e. The molecule has 3 rings (SSSR count). The second kappa shape index (κ2) is 6.82. The van der Waals surface area contributed by atoms with Crippen LogP contribution in [-0.2, 0) is 6.54 Å². The van der Waals surface area contributed by atoms with Crippen molar-refractivity contribution in [3.05, 3.63) is 88.2 Å². The Hall–Kier alpha value is -3.35. The molecule has 2 aromatic heterocycles. The van der Waals surface area contributed by atoms with E-state index < -0.39 is 11.7 Å². The first-order chi connectivity index (χ1) is 11.6. The average Bonchev–Trinajstić information content (AvgIpc) is 2.58. The number of anilines is 1. The molecule has 1 N–H and O–H groups in total. The fourth-order valence-corrected chi connectivity index (χ4v) is 2.11. The molecule has 120 valence electrons. The van der Waals surface area contributed by atoms with Crippen molar-refractivity contribution >= 4 is 11.7 Å². The van der Waals surface area contributed by atoms with Gasteiger partial charge in [0.2, 0.25) is 0 Å². The van der Waals surface area contributed by atoms with Crippen molar-refractivity contribution in [1.29, 1.82) is 0 Å². The molecule has 0 radical (unpaired) electrons. The van der Waals surface area contributed by atoms with Gasteiger partial charge in [-0.15, -0.1) is 0 Å². The Morgan fingerprint density at radius 3 is 2.75 bits per heavy atom. The Morgan fingerprint density at radius 2 is 2.00 bits per heavy atom. The zero-order chi connectivity index (χ0) is 16.9. The lowest BCUT2D eigenvalue weighted by Crippen LogP contribution is -2.26. The highest BCUT2D eigenvalue weighted by molar-refractivity contribution is 6.02. The standard InChI is InChI=1S/C17H13FN4O2/c18-13-5-3-4-12(10-13)11-22-16(23)8-7-14(21-22)17(24)20-15-6-1-2-9-19-15/h1-10H,11H2,(H,19,20,24). The minimum Gasteiger partial charge on any atom is -0.305 e. The largest absolute Gasteiger partial charge is 0.305 e. The lowest BCUT2D eigenvalue weighted by Gasteiger charge is -2.08. The average molecular weight is 324 g/mol. The van der Waals surface area contributed by atoms with Crippen molar-refractivity contribution in [2.45, 2.75) is 6.54 Å². The van der Waals surface area contributed by atoms with E-state index in [1.165, 1.54) is 24.3 Å². The summed E-state index contributed by atoms with van der Waals surface area (Å²) < 4.78 is 14.4. The van der Waals surface area contributed by atoms with Gasteiger partial charge in [-0.25, -0.2) is 14.1 Å². The van der Waals surface area contributed by atoms with Gasteiger partial charge in [-0.05, 0) is 35.9 Å². The molecule has 7 heteroatoms. The summed E-state index contributed by atoms with van der Waals surface area (Å²) in [7, 11) is 0. The molecule has 1 amide bonds. The highest BCUT2D eigenvalue weighted by Crippen LogP contribution is 2.06. The second-order valence-electron chi connectivity index (χ2n) is 5.01. The Balaban J connectivity index is 1.83. The summed E-state index contributed by atoms with van der Waals surface area (Å²) >= 11 is 0. The second-order valence-corrected chi connectivity index (χ2v) is 5.01. The van der Waals surface area contributed by atoms with Gasteiger partial charge < -0.3 is 5.32 Å². The van der Waals surface area contributed by atoms with Crippen molar-refractivity contribution in [2.24, 2.45) is 0 Å². The summed E-state index contributed by atoms with van der Waals surface area (Å²) in [6, 6.07) is 13.5. The van der Waals surface area contributed by atoms with Gasteiger partial charge in [0.15, 0.2) is 0 Å². The number of benzene rings is 1. The number of halogens is 1. The van der Waals surface area contributed by atoms with Gasteiger partial charge in [-0.1, -0.05) is 18.2 Å². The number of hydrogen-bond donors (Lipinski definition) is 1. The lowest BCUT2D eigenvalue weighted by molar-refractivity contribution is 0.101. The summed E-state index contributed by atoms with van der Waals surface area (Å²) in [5.41, 5.74) is 0.261. The Labute approximate surface area is 136 Å². The number of rotatable bonds is 4. The SMILES string of the molecule is O=C(Nc1ccccn1)c1ccc(=O)n(Cc2cccc(F)c2)n1. The fourth-order valence-electron chi connectivity index (χ4n) is 2.11. The van der Waals surface area contributed by atoms with E-state index >= 15 is 0 Å². The highest BCUT2D eigenvalue weighted by Gasteiger charge is 2.11. The number of nitrogens with one attached hydrogen (secondary N) is 1. The van der Waals surface area contributed by atoms with Crippen LogP contribution < -0.4 is 10.9 Å². The quantitative estimate of drug-likeness (QED) is 0.797. The molecule has 0 aliphatic heterocycles. The molecule has 0 saturated carbocycles. The molecule has 0 atom stereocenters. The summed E-state index contributed by atoms with van der Waals surface area (Å²) in [6.45, 7) is 0.0707. The molecule has 1 aromatic carbocycles. The summed E-state index contributed by atoms with van der Waals surface area (Å²) in [5.74, 6) is -0.501. The van der Waals surface area contributed by atoms with Crippen LogP contribution in [0.25, 0.3) is 0 Å². The molecular weight excluding hydrogens is 311 g/mol. The predicted molar refractivity (Wildman–Crippen MR) is 86.2 cm³/mol. The number of carbonyl (C=O) groups excluding carboxylic acids is 1. The van der Waals surface area contributed by atoms with Crippen LogP contribution in [0.4, 0.5) is 10.2 Å². The molecule has 0 aliphatic carbocycles. The third-order valence-corrected chi connectivity index (χ3v) is 3.23. The van der Waals surface area contributed by atoms with Gasteiger partial charge in [0.25, 0.3) is 11.5 Å². The summed E-state index contributed by atoms with van der Waals surface area (Å²) in [6.07, 6.45) is 1.55. The van der Waals surface area contributed by atoms with Crippen LogP contribution in [-0.4, -0.2) is 20.7 Å². The predicted octanol–water partition coefficient (Wildman–Crippen LogP) is 2.08. The van der Waals surface area contributed by atoms with Crippen LogP contribution in [0.5, 0.6) is 0 Å². The van der Waals surface area contributed by atoms with Gasteiger partial charge in [0, 0.05) is 12.3 Å². The fraction of sp³-hybridized carbons (Fsp3) is 0.0588. The van der Waals surface area contributed by atoms with Crippen molar-refractivity contribution < 1.29 is 9.18 Å². The first-order valence-electron chi connectivity index (χ1n) is 7.17. The maximum atomic E-state index is 13.2. The van der Waals surface area contributed by atoms with Crippen molar-refractivity contribution in [1.82, 2.24) is 14.8 Å². The maximum absolute atomic E-state index is 13.2. The molecule has 2 heterocycles. The number of pyridine rings is 1. The third-order valence-electron chi connectivity index (χ3n) is 3.23. The van der Waals surface area contributed by atoms with Crippen molar-refractivity contribution in [2.75, 3.05) is 5.32 Å². The molecule has 0 saturated heterocycles. The Bertz CT molecular complexity index is 925. The van der Waals surface area contributed by atoms with Crippen LogP contribution in [0.3, 0.4) is 0 Å². The van der Waals surface area contributed by atoms with Crippen LogP contribution >= 0.6 is 0 Å². The van der Waals surface area contributed by atoms with Gasteiger partial charge >= 0.3 is 0 Å². The molecule has 0 aliphatic rings. The lowest BCUT2D eigenvalue weighted by atomic mass is 10.2. The van der Waals surface area contributed by atoms with Crippen LogP contribution in [0.2, 0.25) is 0 Å². The van der Waals surface area contributed by atoms with E-state index in [4.69, 9.17) is 0 Å². The molecule has 24 heavy (non-hydrogen) atoms. The number of hydrogen-bond acceptors (Lipinski definition) is 4. The molecule has 0 bridgehead atoms. The highest BCUT2D eigenvalue weighted by atomic mass is 19.1. The van der Waals surface area contributed by atoms with Gasteiger partial charge in [0.1, 0.15) is 17.3 Å². The van der Waals surface area contributed by atoms with Crippen molar-refractivity contribution in [3.8, 4) is 0 Å². The minimum absolute atomic E-state index is 0.0663. The van der Waals surface area contributed by atoms with E-state index in [1.54, 1.807) is 36.5 Å². The normalized spacial score (nSPS) is 10.4. The zero-order valence-corrected chi connectivity index (χ0v) is 12.5. The van der Waals surface area contributed by atoms with E-state index in [2.05, 4.69) is 15.4 Å². The van der Waals surface area contributed by atoms with Crippen molar-refractivity contribution in [3.63, 3.8) is 0 Å². The van der Waals surface area contributed by atoms with Gasteiger partial charge in [0.05, 0.1) is 6.54 Å². The minimum atomic E-state index is -0.485. The molecule has 3 aromatic rings. The Morgan fingerprint density at radius 1 is 1.12 bits per heavy atom. The number of aromatic nitrogens is 3. The monoisotopic (exact) mass is 324 g/mol. The number of carbonyl (C=O) groups is 1. The van der Waals surface area contributed by atoms with Crippen LogP contribution in [0.1, 0.15) is 16.1 Å². The van der Waals surface area contributed by atoms with Gasteiger partial charge in [-0.3, -0.25) is 9.59 Å². The van der Waals surface area contributed by atoms with Crippen LogP contribution in [0, 0.1) is 5.82 Å². The molecule has 0 fully saturated rings. The summed E-state index contributed by atoms with van der Waals surface area (Å²) in [4.78, 5) is 28.1. The topological polar surface area (TPSA) is 76.9 Å². The van der Waals surface area contributed by atoms with Crippen LogP contribution in [0.15, 0.2) is 65.6 Å². The summed E-state index contributed by atoms with van der Waals surface area (Å²) in [5, 5.41) is 6.63. The molecule has 6 nitrogen and oxygen atoms in total.